The van der Waals surface area contributed by atoms with E-state index in [4.69, 9.17) is 0 Å². The molecule has 0 nitrogen and oxygen atoms in total. The van der Waals surface area contributed by atoms with E-state index in [1.54, 1.807) is 5.57 Å². The Morgan fingerprint density at radius 2 is 2.07 bits per heavy atom. The van der Waals surface area contributed by atoms with Crippen LogP contribution in [0.25, 0.3) is 0 Å². The second-order valence-corrected chi connectivity index (χ2v) is 6.65. The standard InChI is InChI=1S/C15H24/c1-9(2)12-6-5-11(4)15-8-7-10(3)13(15)14(12)15/h7,9,11-14H,5-6,8H2,1-4H3/t11-,12-,13?,14+,15-/m0/s1. The summed E-state index contributed by atoms with van der Waals surface area (Å²) in [5, 5.41) is 0. The molecule has 0 bridgehead atoms. The van der Waals surface area contributed by atoms with Gasteiger partial charge in [-0.25, -0.2) is 0 Å². The van der Waals surface area contributed by atoms with Gasteiger partial charge in [0.2, 0.25) is 0 Å². The fraction of sp³-hybridized carbons (Fsp3) is 0.867. The Hall–Kier alpha value is -0.260. The van der Waals surface area contributed by atoms with Gasteiger partial charge in [0.15, 0.2) is 0 Å². The molecule has 1 unspecified atom stereocenters. The third-order valence-corrected chi connectivity index (χ3v) is 5.89. The van der Waals surface area contributed by atoms with E-state index in [0.29, 0.717) is 0 Å². The SMILES string of the molecule is CC1=CC[C@]23C1[C@H]2[C@H](C(C)C)CC[C@@H]3C. The average molecular weight is 204 g/mol. The Morgan fingerprint density at radius 3 is 2.73 bits per heavy atom. The lowest BCUT2D eigenvalue weighted by atomic mass is 9.70. The third-order valence-electron chi connectivity index (χ3n) is 5.89. The molecule has 15 heavy (non-hydrogen) atoms. The molecule has 0 aromatic rings. The van der Waals surface area contributed by atoms with Crippen LogP contribution in [-0.4, -0.2) is 0 Å². The molecule has 0 heterocycles. The Bertz CT molecular complexity index is 312. The average Bonchev–Trinajstić information content (AvgIpc) is 2.75. The van der Waals surface area contributed by atoms with E-state index in [9.17, 15) is 0 Å². The molecule has 0 aromatic carbocycles. The molecule has 2 saturated carbocycles. The maximum absolute atomic E-state index is 2.53. The molecule has 0 heteroatoms. The maximum atomic E-state index is 2.53. The number of rotatable bonds is 1. The van der Waals surface area contributed by atoms with Gasteiger partial charge >= 0.3 is 0 Å². The van der Waals surface area contributed by atoms with Gasteiger partial charge in [0, 0.05) is 0 Å². The van der Waals surface area contributed by atoms with Gasteiger partial charge in [-0.1, -0.05) is 32.4 Å². The zero-order valence-corrected chi connectivity index (χ0v) is 10.6. The summed E-state index contributed by atoms with van der Waals surface area (Å²) in [7, 11) is 0. The lowest BCUT2D eigenvalue weighted by Gasteiger charge is -2.35. The molecular weight excluding hydrogens is 180 g/mol. The summed E-state index contributed by atoms with van der Waals surface area (Å²) < 4.78 is 0. The van der Waals surface area contributed by atoms with Crippen molar-refractivity contribution >= 4 is 0 Å². The van der Waals surface area contributed by atoms with E-state index in [2.05, 4.69) is 33.8 Å². The normalized spacial score (nSPS) is 52.5. The molecule has 0 saturated heterocycles. The van der Waals surface area contributed by atoms with Crippen molar-refractivity contribution in [1.82, 2.24) is 0 Å². The van der Waals surface area contributed by atoms with Crippen LogP contribution < -0.4 is 0 Å². The highest BCUT2D eigenvalue weighted by atomic mass is 14.8. The quantitative estimate of drug-likeness (QED) is 0.559. The van der Waals surface area contributed by atoms with Gasteiger partial charge in [0.25, 0.3) is 0 Å². The molecule has 0 N–H and O–H groups in total. The molecule has 0 radical (unpaired) electrons. The first kappa shape index (κ1) is 9.93. The van der Waals surface area contributed by atoms with Crippen molar-refractivity contribution in [2.75, 3.05) is 0 Å². The van der Waals surface area contributed by atoms with Gasteiger partial charge in [0.05, 0.1) is 0 Å². The molecule has 84 valence electrons. The van der Waals surface area contributed by atoms with Crippen molar-refractivity contribution in [2.45, 2.75) is 47.0 Å². The third kappa shape index (κ3) is 1.04. The van der Waals surface area contributed by atoms with E-state index >= 15 is 0 Å². The summed E-state index contributed by atoms with van der Waals surface area (Å²) in [4.78, 5) is 0. The molecule has 3 aliphatic rings. The minimum atomic E-state index is 0.747. The van der Waals surface area contributed by atoms with Crippen molar-refractivity contribution < 1.29 is 0 Å². The largest absolute Gasteiger partial charge is 0.0847 e. The zero-order valence-electron chi connectivity index (χ0n) is 10.6. The fourth-order valence-electron chi connectivity index (χ4n) is 5.05. The molecule has 5 atom stereocenters. The summed E-state index contributed by atoms with van der Waals surface area (Å²) in [6.07, 6.45) is 6.91. The summed E-state index contributed by atoms with van der Waals surface area (Å²) in [5.74, 6) is 4.96. The highest BCUT2D eigenvalue weighted by Gasteiger charge is 2.71. The van der Waals surface area contributed by atoms with Crippen LogP contribution in [0.5, 0.6) is 0 Å². The van der Waals surface area contributed by atoms with E-state index < -0.39 is 0 Å². The lowest BCUT2D eigenvalue weighted by Crippen LogP contribution is -2.27. The minimum absolute atomic E-state index is 0.747. The second-order valence-electron chi connectivity index (χ2n) is 6.65. The summed E-state index contributed by atoms with van der Waals surface area (Å²) in [5.41, 5.74) is 2.47. The van der Waals surface area contributed by atoms with Gasteiger partial charge in [0.1, 0.15) is 0 Å². The van der Waals surface area contributed by atoms with E-state index in [0.717, 1.165) is 35.0 Å². The van der Waals surface area contributed by atoms with Gasteiger partial charge in [-0.05, 0) is 61.2 Å². The number of hydrogen-bond donors (Lipinski definition) is 0. The van der Waals surface area contributed by atoms with Crippen LogP contribution in [0, 0.1) is 35.0 Å². The Balaban J connectivity index is 1.91. The molecule has 3 aliphatic carbocycles. The summed E-state index contributed by atoms with van der Waals surface area (Å²) in [6.45, 7) is 9.75. The first-order valence-corrected chi connectivity index (χ1v) is 6.75. The highest BCUT2D eigenvalue weighted by Crippen LogP contribution is 2.77. The molecule has 0 amide bonds. The smallest absolute Gasteiger partial charge is 0.0104 e. The van der Waals surface area contributed by atoms with Crippen molar-refractivity contribution in [2.24, 2.45) is 35.0 Å². The van der Waals surface area contributed by atoms with Gasteiger partial charge < -0.3 is 0 Å². The predicted molar refractivity (Wildman–Crippen MR) is 64.5 cm³/mol. The fourth-order valence-corrected chi connectivity index (χ4v) is 5.05. The van der Waals surface area contributed by atoms with Crippen LogP contribution in [0.1, 0.15) is 47.0 Å². The van der Waals surface area contributed by atoms with Gasteiger partial charge in [-0.15, -0.1) is 0 Å². The molecule has 0 aromatic heterocycles. The van der Waals surface area contributed by atoms with Crippen LogP contribution in [0.2, 0.25) is 0 Å². The summed E-state index contributed by atoms with van der Waals surface area (Å²) in [6, 6.07) is 0. The second kappa shape index (κ2) is 2.90. The zero-order chi connectivity index (χ0) is 10.8. The first-order valence-electron chi connectivity index (χ1n) is 6.75. The van der Waals surface area contributed by atoms with Crippen LogP contribution in [0.15, 0.2) is 11.6 Å². The molecule has 1 spiro atoms. The van der Waals surface area contributed by atoms with Crippen molar-refractivity contribution in [3.8, 4) is 0 Å². The molecule has 2 fully saturated rings. The molecule has 0 aliphatic heterocycles. The van der Waals surface area contributed by atoms with E-state index in [1.807, 2.05) is 0 Å². The Morgan fingerprint density at radius 1 is 1.33 bits per heavy atom. The Labute approximate surface area is 94.1 Å². The highest BCUT2D eigenvalue weighted by molar-refractivity contribution is 5.35. The van der Waals surface area contributed by atoms with E-state index in [-0.39, 0.29) is 0 Å². The van der Waals surface area contributed by atoms with Crippen molar-refractivity contribution in [3.63, 3.8) is 0 Å². The predicted octanol–water partition coefficient (Wildman–Crippen LogP) is 4.27. The topological polar surface area (TPSA) is 0 Å². The van der Waals surface area contributed by atoms with Crippen LogP contribution in [-0.2, 0) is 0 Å². The Kier molecular flexibility index (Phi) is 1.92. The van der Waals surface area contributed by atoms with Crippen LogP contribution in [0.3, 0.4) is 0 Å². The van der Waals surface area contributed by atoms with Crippen LogP contribution >= 0.6 is 0 Å². The van der Waals surface area contributed by atoms with Gasteiger partial charge in [-0.2, -0.15) is 0 Å². The molecule has 3 rings (SSSR count). The minimum Gasteiger partial charge on any atom is -0.0847 e. The monoisotopic (exact) mass is 204 g/mol. The van der Waals surface area contributed by atoms with Crippen LogP contribution in [0.4, 0.5) is 0 Å². The number of hydrogen-bond acceptors (Lipinski definition) is 0. The van der Waals surface area contributed by atoms with Crippen molar-refractivity contribution in [1.29, 1.82) is 0 Å². The number of fused-ring (bicyclic) bond motifs is 1. The first-order chi connectivity index (χ1) is 7.09. The number of allylic oxidation sites excluding steroid dienone is 2. The molecular formula is C15H24. The summed E-state index contributed by atoms with van der Waals surface area (Å²) >= 11 is 0. The lowest BCUT2D eigenvalue weighted by molar-refractivity contribution is 0.149. The maximum Gasteiger partial charge on any atom is -0.0104 e. The van der Waals surface area contributed by atoms with Crippen molar-refractivity contribution in [3.05, 3.63) is 11.6 Å². The van der Waals surface area contributed by atoms with Gasteiger partial charge in [-0.3, -0.25) is 0 Å². The van der Waals surface area contributed by atoms with E-state index in [1.165, 1.54) is 19.3 Å².